The molecule has 3 rings (SSSR count). The van der Waals surface area contributed by atoms with Crippen molar-refractivity contribution in [2.24, 2.45) is 0 Å². The second kappa shape index (κ2) is 5.54. The molecule has 106 valence electrons. The molecule has 3 heterocycles. The van der Waals surface area contributed by atoms with Crippen LogP contribution < -0.4 is 0 Å². The molecule has 0 bridgehead atoms. The van der Waals surface area contributed by atoms with Crippen LogP contribution in [0, 0.1) is 0 Å². The van der Waals surface area contributed by atoms with Crippen LogP contribution in [0.3, 0.4) is 0 Å². The molecule has 0 saturated carbocycles. The highest BCUT2D eigenvalue weighted by molar-refractivity contribution is 9.10. The lowest BCUT2D eigenvalue weighted by Gasteiger charge is -2.32. The molecule has 1 saturated heterocycles. The van der Waals surface area contributed by atoms with Crippen molar-refractivity contribution < 1.29 is 9.90 Å². The quantitative estimate of drug-likeness (QED) is 0.934. The lowest BCUT2D eigenvalue weighted by Crippen LogP contribution is -2.44. The van der Waals surface area contributed by atoms with Gasteiger partial charge in [0.2, 0.25) is 0 Å². The summed E-state index contributed by atoms with van der Waals surface area (Å²) in [5, 5.41) is 9.29. The number of hydrogen-bond acceptors (Lipinski definition) is 3. The average Bonchev–Trinajstić information content (AvgIpc) is 2.80. The van der Waals surface area contributed by atoms with Crippen molar-refractivity contribution in [3.8, 4) is 0 Å². The molecular weight excluding hydrogens is 322 g/mol. The Hall–Kier alpha value is -1.40. The summed E-state index contributed by atoms with van der Waals surface area (Å²) in [6, 6.07) is 3.54. The fraction of sp³-hybridized carbons (Fsp3) is 0.429. The second-order valence-electron chi connectivity index (χ2n) is 5.16. The molecule has 20 heavy (non-hydrogen) atoms. The summed E-state index contributed by atoms with van der Waals surface area (Å²) < 4.78 is 2.95. The molecule has 0 aliphatic carbocycles. The molecule has 6 heteroatoms. The van der Waals surface area contributed by atoms with E-state index in [1.54, 1.807) is 0 Å². The van der Waals surface area contributed by atoms with Crippen LogP contribution in [0.5, 0.6) is 0 Å². The number of carboxylic acids is 1. The SMILES string of the molecule is O=C(O)C1CCCCN1Cc1cn2ccc(Br)cc2n1. The number of fused-ring (bicyclic) bond motifs is 1. The van der Waals surface area contributed by atoms with E-state index in [2.05, 4.69) is 20.9 Å². The van der Waals surface area contributed by atoms with Gasteiger partial charge in [-0.2, -0.15) is 0 Å². The number of halogens is 1. The highest BCUT2D eigenvalue weighted by Crippen LogP contribution is 2.20. The lowest BCUT2D eigenvalue weighted by molar-refractivity contribution is -0.144. The topological polar surface area (TPSA) is 57.8 Å². The fourth-order valence-electron chi connectivity index (χ4n) is 2.75. The number of imidazole rings is 1. The standard InChI is InChI=1S/C14H16BrN3O2/c15-10-4-6-18-9-11(16-13(18)7-10)8-17-5-2-1-3-12(17)14(19)20/h4,6-7,9,12H,1-3,5,8H2,(H,19,20). The van der Waals surface area contributed by atoms with Crippen LogP contribution in [0.2, 0.25) is 0 Å². The first kappa shape index (κ1) is 13.6. The largest absolute Gasteiger partial charge is 0.480 e. The maximum Gasteiger partial charge on any atom is 0.320 e. The number of likely N-dealkylation sites (tertiary alicyclic amines) is 1. The molecule has 0 aromatic carbocycles. The van der Waals surface area contributed by atoms with Gasteiger partial charge in [-0.25, -0.2) is 4.98 Å². The summed E-state index contributed by atoms with van der Waals surface area (Å²) in [6.07, 6.45) is 6.69. The summed E-state index contributed by atoms with van der Waals surface area (Å²) in [6.45, 7) is 1.42. The van der Waals surface area contributed by atoms with E-state index < -0.39 is 5.97 Å². The van der Waals surface area contributed by atoms with Gasteiger partial charge in [0, 0.05) is 23.4 Å². The minimum absolute atomic E-state index is 0.375. The Bertz CT molecular complexity index is 640. The maximum absolute atomic E-state index is 11.3. The van der Waals surface area contributed by atoms with E-state index in [1.807, 2.05) is 33.8 Å². The van der Waals surface area contributed by atoms with Gasteiger partial charge in [0.25, 0.3) is 0 Å². The van der Waals surface area contributed by atoms with E-state index in [0.717, 1.165) is 41.6 Å². The van der Waals surface area contributed by atoms with Gasteiger partial charge < -0.3 is 9.51 Å². The normalized spacial score (nSPS) is 20.4. The zero-order chi connectivity index (χ0) is 14.1. The smallest absolute Gasteiger partial charge is 0.320 e. The van der Waals surface area contributed by atoms with Crippen LogP contribution in [0.15, 0.2) is 29.0 Å². The minimum atomic E-state index is -0.726. The first-order valence-electron chi connectivity index (χ1n) is 6.73. The van der Waals surface area contributed by atoms with Crippen LogP contribution in [-0.4, -0.2) is 37.9 Å². The predicted octanol–water partition coefficient (Wildman–Crippen LogP) is 2.54. The van der Waals surface area contributed by atoms with Gasteiger partial charge in [-0.1, -0.05) is 22.4 Å². The number of aliphatic carboxylic acids is 1. The van der Waals surface area contributed by atoms with E-state index in [0.29, 0.717) is 6.54 Å². The molecule has 1 fully saturated rings. The Morgan fingerprint density at radius 2 is 2.35 bits per heavy atom. The number of piperidine rings is 1. The van der Waals surface area contributed by atoms with Crippen LogP contribution in [-0.2, 0) is 11.3 Å². The van der Waals surface area contributed by atoms with Crippen molar-refractivity contribution >= 4 is 27.5 Å². The second-order valence-corrected chi connectivity index (χ2v) is 6.08. The lowest BCUT2D eigenvalue weighted by atomic mass is 10.0. The number of nitrogens with zero attached hydrogens (tertiary/aromatic N) is 3. The van der Waals surface area contributed by atoms with Gasteiger partial charge in [-0.15, -0.1) is 0 Å². The third kappa shape index (κ3) is 2.71. The molecule has 1 aliphatic heterocycles. The third-order valence-corrected chi connectivity index (χ3v) is 4.23. The molecule has 1 N–H and O–H groups in total. The van der Waals surface area contributed by atoms with Crippen molar-refractivity contribution in [3.63, 3.8) is 0 Å². The highest BCUT2D eigenvalue weighted by atomic mass is 79.9. The molecular formula is C14H16BrN3O2. The van der Waals surface area contributed by atoms with Crippen LogP contribution in [0.25, 0.3) is 5.65 Å². The molecule has 2 aromatic heterocycles. The van der Waals surface area contributed by atoms with Gasteiger partial charge in [0.05, 0.1) is 5.69 Å². The molecule has 0 amide bonds. The van der Waals surface area contributed by atoms with E-state index in [-0.39, 0.29) is 6.04 Å². The number of pyridine rings is 1. The van der Waals surface area contributed by atoms with Crippen LogP contribution >= 0.6 is 15.9 Å². The molecule has 1 unspecified atom stereocenters. The number of rotatable bonds is 3. The molecule has 1 aliphatic rings. The Kier molecular flexibility index (Phi) is 3.76. The first-order chi connectivity index (χ1) is 9.63. The number of aromatic nitrogens is 2. The fourth-order valence-corrected chi connectivity index (χ4v) is 3.08. The number of carbonyl (C=O) groups is 1. The number of hydrogen-bond donors (Lipinski definition) is 1. The van der Waals surface area contributed by atoms with Gasteiger partial charge in [-0.05, 0) is 31.5 Å². The maximum atomic E-state index is 11.3. The Balaban J connectivity index is 1.82. The van der Waals surface area contributed by atoms with E-state index >= 15 is 0 Å². The summed E-state index contributed by atoms with van der Waals surface area (Å²) in [7, 11) is 0. The monoisotopic (exact) mass is 337 g/mol. The van der Waals surface area contributed by atoms with Crippen molar-refractivity contribution in [1.29, 1.82) is 0 Å². The van der Waals surface area contributed by atoms with Crippen molar-refractivity contribution in [1.82, 2.24) is 14.3 Å². The van der Waals surface area contributed by atoms with Gasteiger partial charge in [0.15, 0.2) is 0 Å². The van der Waals surface area contributed by atoms with E-state index in [1.165, 1.54) is 0 Å². The third-order valence-electron chi connectivity index (χ3n) is 3.74. The number of carboxylic acid groups (broad SMARTS) is 1. The van der Waals surface area contributed by atoms with Gasteiger partial charge in [-0.3, -0.25) is 9.69 Å². The summed E-state index contributed by atoms with van der Waals surface area (Å²) in [5.74, 6) is -0.726. The van der Waals surface area contributed by atoms with E-state index in [9.17, 15) is 9.90 Å². The van der Waals surface area contributed by atoms with Crippen molar-refractivity contribution in [2.45, 2.75) is 31.8 Å². The predicted molar refractivity (Wildman–Crippen MR) is 78.6 cm³/mol. The molecule has 1 atom stereocenters. The molecule has 5 nitrogen and oxygen atoms in total. The molecule has 2 aromatic rings. The van der Waals surface area contributed by atoms with Crippen LogP contribution in [0.1, 0.15) is 25.0 Å². The summed E-state index contributed by atoms with van der Waals surface area (Å²) in [5.41, 5.74) is 1.79. The van der Waals surface area contributed by atoms with Crippen molar-refractivity contribution in [3.05, 3.63) is 34.7 Å². The van der Waals surface area contributed by atoms with Crippen molar-refractivity contribution in [2.75, 3.05) is 6.54 Å². The summed E-state index contributed by atoms with van der Waals surface area (Å²) in [4.78, 5) is 17.9. The average molecular weight is 338 g/mol. The van der Waals surface area contributed by atoms with E-state index in [4.69, 9.17) is 0 Å². The first-order valence-corrected chi connectivity index (χ1v) is 7.53. The minimum Gasteiger partial charge on any atom is -0.480 e. The Morgan fingerprint density at radius 1 is 1.50 bits per heavy atom. The van der Waals surface area contributed by atoms with Gasteiger partial charge in [0.1, 0.15) is 11.7 Å². The Labute approximate surface area is 125 Å². The van der Waals surface area contributed by atoms with Crippen LogP contribution in [0.4, 0.5) is 0 Å². The van der Waals surface area contributed by atoms with Gasteiger partial charge >= 0.3 is 5.97 Å². The zero-order valence-corrected chi connectivity index (χ0v) is 12.6. The Morgan fingerprint density at radius 3 is 3.15 bits per heavy atom. The zero-order valence-electron chi connectivity index (χ0n) is 11.0. The highest BCUT2D eigenvalue weighted by Gasteiger charge is 2.28. The summed E-state index contributed by atoms with van der Waals surface area (Å²) >= 11 is 3.43. The molecule has 0 spiro atoms. The molecule has 0 radical (unpaired) electrons.